The number of pyridine rings is 1. The first-order chi connectivity index (χ1) is 13.1. The van der Waals surface area contributed by atoms with Crippen molar-refractivity contribution in [3.8, 4) is 0 Å². The van der Waals surface area contributed by atoms with Crippen LogP contribution in [0.5, 0.6) is 0 Å². The normalized spacial score (nSPS) is 13.2. The third-order valence-corrected chi connectivity index (χ3v) is 5.76. The minimum Gasteiger partial charge on any atom is -0.354 e. The quantitative estimate of drug-likeness (QED) is 0.653. The Labute approximate surface area is 164 Å². The van der Waals surface area contributed by atoms with Crippen LogP contribution in [-0.4, -0.2) is 32.9 Å². The van der Waals surface area contributed by atoms with Crippen molar-refractivity contribution in [3.63, 3.8) is 0 Å². The van der Waals surface area contributed by atoms with Gasteiger partial charge < -0.3 is 10.6 Å². The lowest BCUT2D eigenvalue weighted by molar-refractivity contribution is -0.137. The smallest absolute Gasteiger partial charge is 0.354 e. The Bertz CT molecular complexity index is 809. The van der Waals surface area contributed by atoms with E-state index in [0.29, 0.717) is 25.8 Å². The second kappa shape index (κ2) is 9.29. The molecule has 0 saturated heterocycles. The average Bonchev–Trinajstić information content (AvgIpc) is 2.67. The van der Waals surface area contributed by atoms with Crippen molar-refractivity contribution in [2.24, 2.45) is 0 Å². The Morgan fingerprint density at radius 3 is 2.32 bits per heavy atom. The van der Waals surface area contributed by atoms with Gasteiger partial charge in [-0.25, -0.2) is 4.98 Å². The predicted octanol–water partition coefficient (Wildman–Crippen LogP) is 2.89. The van der Waals surface area contributed by atoms with E-state index < -0.39 is 33.2 Å². The molecule has 0 aliphatic heterocycles. The molecule has 1 atom stereocenters. The molecule has 152 valence electrons. The van der Waals surface area contributed by atoms with Gasteiger partial charge in [-0.3, -0.25) is 9.00 Å². The summed E-state index contributed by atoms with van der Waals surface area (Å²) in [6.07, 6.45) is -3.90. The van der Waals surface area contributed by atoms with Crippen LogP contribution >= 0.6 is 0 Å². The van der Waals surface area contributed by atoms with Crippen molar-refractivity contribution in [1.29, 1.82) is 0 Å². The highest BCUT2D eigenvalue weighted by molar-refractivity contribution is 7.87. The number of benzene rings is 1. The standard InChI is InChI=1S/C19H22F3N3O2S/c1-18(2,28(27)16-9-8-15(13-25-16)19(20,21)22)17(26)24-11-10-23-12-14-6-4-3-5-7-14/h3-9,13,23H,10-12H2,1-2H3,(H,24,26). The van der Waals surface area contributed by atoms with Gasteiger partial charge in [-0.05, 0) is 31.5 Å². The summed E-state index contributed by atoms with van der Waals surface area (Å²) in [6, 6.07) is 11.6. The Balaban J connectivity index is 1.86. The third-order valence-electron chi connectivity index (χ3n) is 4.02. The summed E-state index contributed by atoms with van der Waals surface area (Å²) >= 11 is 0. The van der Waals surface area contributed by atoms with E-state index in [1.54, 1.807) is 0 Å². The SMILES string of the molecule is CC(C)(C(=O)NCCNCc1ccccc1)S(=O)c1ccc(C(F)(F)F)cn1. The van der Waals surface area contributed by atoms with Crippen molar-refractivity contribution in [2.45, 2.75) is 36.3 Å². The molecule has 2 aromatic rings. The zero-order chi connectivity index (χ0) is 20.8. The predicted molar refractivity (Wildman–Crippen MR) is 101 cm³/mol. The van der Waals surface area contributed by atoms with Crippen LogP contribution in [0.15, 0.2) is 53.7 Å². The van der Waals surface area contributed by atoms with Gasteiger partial charge in [0.25, 0.3) is 0 Å². The molecule has 0 saturated carbocycles. The van der Waals surface area contributed by atoms with Crippen LogP contribution < -0.4 is 10.6 Å². The molecule has 1 aromatic heterocycles. The summed E-state index contributed by atoms with van der Waals surface area (Å²) in [6.45, 7) is 4.43. The number of nitrogens with zero attached hydrogens (tertiary/aromatic N) is 1. The molecule has 1 unspecified atom stereocenters. The lowest BCUT2D eigenvalue weighted by atomic mass is 10.2. The van der Waals surface area contributed by atoms with Crippen LogP contribution in [0, 0.1) is 0 Å². The van der Waals surface area contributed by atoms with Gasteiger partial charge in [0.1, 0.15) is 9.77 Å². The van der Waals surface area contributed by atoms with E-state index in [-0.39, 0.29) is 5.03 Å². The number of aromatic nitrogens is 1. The lowest BCUT2D eigenvalue weighted by Crippen LogP contribution is -2.47. The number of hydrogen-bond acceptors (Lipinski definition) is 4. The molecular formula is C19H22F3N3O2S. The Morgan fingerprint density at radius 2 is 1.75 bits per heavy atom. The summed E-state index contributed by atoms with van der Waals surface area (Å²) in [5.41, 5.74) is 0.184. The lowest BCUT2D eigenvalue weighted by Gasteiger charge is -2.22. The van der Waals surface area contributed by atoms with Gasteiger partial charge in [0, 0.05) is 25.8 Å². The van der Waals surface area contributed by atoms with E-state index in [1.807, 2.05) is 30.3 Å². The van der Waals surface area contributed by atoms with Crippen LogP contribution in [-0.2, 0) is 28.3 Å². The summed E-state index contributed by atoms with van der Waals surface area (Å²) in [5.74, 6) is -0.464. The fraction of sp³-hybridized carbons (Fsp3) is 0.368. The summed E-state index contributed by atoms with van der Waals surface area (Å²) in [4.78, 5) is 16.0. The van der Waals surface area contributed by atoms with Crippen molar-refractivity contribution in [3.05, 3.63) is 59.8 Å². The molecule has 28 heavy (non-hydrogen) atoms. The number of halogens is 3. The van der Waals surface area contributed by atoms with Crippen LogP contribution in [0.1, 0.15) is 25.0 Å². The number of hydrogen-bond donors (Lipinski definition) is 2. The van der Waals surface area contributed by atoms with E-state index in [2.05, 4.69) is 15.6 Å². The molecule has 0 fully saturated rings. The number of rotatable bonds is 8. The molecule has 0 aliphatic rings. The Morgan fingerprint density at radius 1 is 1.07 bits per heavy atom. The number of alkyl halides is 3. The first-order valence-corrected chi connectivity index (χ1v) is 9.75. The topological polar surface area (TPSA) is 71.1 Å². The molecule has 1 amide bonds. The van der Waals surface area contributed by atoms with Crippen molar-refractivity contribution in [1.82, 2.24) is 15.6 Å². The highest BCUT2D eigenvalue weighted by Gasteiger charge is 2.37. The van der Waals surface area contributed by atoms with Crippen molar-refractivity contribution < 1.29 is 22.2 Å². The van der Waals surface area contributed by atoms with Crippen LogP contribution in [0.4, 0.5) is 13.2 Å². The van der Waals surface area contributed by atoms with Gasteiger partial charge in [-0.15, -0.1) is 0 Å². The average molecular weight is 413 g/mol. The molecular weight excluding hydrogens is 391 g/mol. The molecule has 0 radical (unpaired) electrons. The molecule has 5 nitrogen and oxygen atoms in total. The first-order valence-electron chi connectivity index (χ1n) is 8.60. The Kier molecular flexibility index (Phi) is 7.31. The number of carbonyl (C=O) groups is 1. The third kappa shape index (κ3) is 5.87. The molecule has 2 rings (SSSR count). The van der Waals surface area contributed by atoms with Gasteiger partial charge >= 0.3 is 6.18 Å². The van der Waals surface area contributed by atoms with Crippen LogP contribution in [0.3, 0.4) is 0 Å². The van der Waals surface area contributed by atoms with Crippen LogP contribution in [0.2, 0.25) is 0 Å². The number of amides is 1. The van der Waals surface area contributed by atoms with Crippen molar-refractivity contribution >= 4 is 16.7 Å². The summed E-state index contributed by atoms with van der Waals surface area (Å²) in [5, 5.41) is 5.80. The molecule has 0 aliphatic carbocycles. The van der Waals surface area contributed by atoms with E-state index in [4.69, 9.17) is 0 Å². The van der Waals surface area contributed by atoms with E-state index in [1.165, 1.54) is 13.8 Å². The maximum absolute atomic E-state index is 12.6. The van der Waals surface area contributed by atoms with Gasteiger partial charge in [0.15, 0.2) is 0 Å². The second-order valence-corrected chi connectivity index (χ2v) is 8.56. The zero-order valence-corrected chi connectivity index (χ0v) is 16.4. The summed E-state index contributed by atoms with van der Waals surface area (Å²) < 4.78 is 49.1. The van der Waals surface area contributed by atoms with E-state index >= 15 is 0 Å². The highest BCUT2D eigenvalue weighted by Crippen LogP contribution is 2.29. The fourth-order valence-electron chi connectivity index (χ4n) is 2.31. The fourth-order valence-corrected chi connectivity index (χ4v) is 3.41. The monoisotopic (exact) mass is 413 g/mol. The van der Waals surface area contributed by atoms with Crippen LogP contribution in [0.25, 0.3) is 0 Å². The number of carbonyl (C=O) groups excluding carboxylic acids is 1. The maximum atomic E-state index is 12.6. The first kappa shape index (κ1) is 22.0. The molecule has 1 heterocycles. The molecule has 0 spiro atoms. The minimum atomic E-state index is -4.52. The minimum absolute atomic E-state index is 0.0737. The summed E-state index contributed by atoms with van der Waals surface area (Å²) in [7, 11) is -1.91. The van der Waals surface area contributed by atoms with Gasteiger partial charge in [-0.1, -0.05) is 30.3 Å². The largest absolute Gasteiger partial charge is 0.417 e. The molecule has 0 bridgehead atoms. The van der Waals surface area contributed by atoms with E-state index in [9.17, 15) is 22.2 Å². The Hall–Kier alpha value is -2.26. The van der Waals surface area contributed by atoms with Gasteiger partial charge in [0.2, 0.25) is 5.91 Å². The van der Waals surface area contributed by atoms with E-state index in [0.717, 1.165) is 17.7 Å². The zero-order valence-electron chi connectivity index (χ0n) is 15.5. The second-order valence-electron chi connectivity index (χ2n) is 6.58. The van der Waals surface area contributed by atoms with Gasteiger partial charge in [-0.2, -0.15) is 13.2 Å². The molecule has 1 aromatic carbocycles. The molecule has 9 heteroatoms. The van der Waals surface area contributed by atoms with Crippen molar-refractivity contribution in [2.75, 3.05) is 13.1 Å². The molecule has 2 N–H and O–H groups in total. The maximum Gasteiger partial charge on any atom is 0.417 e. The van der Waals surface area contributed by atoms with Gasteiger partial charge in [0.05, 0.1) is 16.4 Å². The number of nitrogens with one attached hydrogen (secondary N) is 2. The highest BCUT2D eigenvalue weighted by atomic mass is 32.2.